The summed E-state index contributed by atoms with van der Waals surface area (Å²) in [7, 11) is 2.06. The molecule has 0 bridgehead atoms. The molecule has 3 nitrogen and oxygen atoms in total. The number of nitriles is 2. The van der Waals surface area contributed by atoms with Gasteiger partial charge in [-0.1, -0.05) is 19.3 Å². The molecule has 2 rings (SSSR count). The zero-order valence-electron chi connectivity index (χ0n) is 11.3. The largest absolute Gasteiger partial charge is 0.370 e. The summed E-state index contributed by atoms with van der Waals surface area (Å²) in [5.41, 5.74) is 1.76. The molecule has 98 valence electrons. The van der Waals surface area contributed by atoms with Crippen molar-refractivity contribution >= 4 is 5.69 Å². The second kappa shape index (κ2) is 6.25. The minimum atomic E-state index is 0.114. The van der Waals surface area contributed by atoms with Gasteiger partial charge in [-0.25, -0.2) is 0 Å². The van der Waals surface area contributed by atoms with E-state index in [0.717, 1.165) is 24.9 Å². The third kappa shape index (κ3) is 3.06. The molecule has 2 atom stereocenters. The van der Waals surface area contributed by atoms with Crippen LogP contribution >= 0.6 is 0 Å². The van der Waals surface area contributed by atoms with Crippen molar-refractivity contribution < 1.29 is 0 Å². The highest BCUT2D eigenvalue weighted by Gasteiger charge is 2.27. The van der Waals surface area contributed by atoms with Crippen LogP contribution in [0.4, 0.5) is 5.69 Å². The van der Waals surface area contributed by atoms with E-state index >= 15 is 0 Å². The van der Waals surface area contributed by atoms with E-state index in [1.807, 2.05) is 24.3 Å². The molecule has 1 aliphatic rings. The van der Waals surface area contributed by atoms with Crippen molar-refractivity contribution in [2.45, 2.75) is 38.1 Å². The molecule has 0 aromatic heterocycles. The van der Waals surface area contributed by atoms with E-state index in [1.54, 1.807) is 0 Å². The average molecular weight is 253 g/mol. The maximum atomic E-state index is 9.34. The van der Waals surface area contributed by atoms with Crippen LogP contribution in [0, 0.1) is 28.6 Å². The Morgan fingerprint density at radius 3 is 2.37 bits per heavy atom. The average Bonchev–Trinajstić information content (AvgIpc) is 2.71. The summed E-state index contributed by atoms with van der Waals surface area (Å²) in [5.74, 6) is 0.114. The Hall–Kier alpha value is -2.00. The number of nitrogens with zero attached hydrogens (tertiary/aromatic N) is 3. The summed E-state index contributed by atoms with van der Waals surface area (Å²) in [6.07, 6.45) is 5.67. The Bertz CT molecular complexity index is 492. The van der Waals surface area contributed by atoms with Gasteiger partial charge in [0, 0.05) is 18.8 Å². The van der Waals surface area contributed by atoms with Crippen molar-refractivity contribution in [3.05, 3.63) is 29.8 Å². The summed E-state index contributed by atoms with van der Waals surface area (Å²) in [4.78, 5) is 2.21. The molecule has 0 aliphatic heterocycles. The third-order valence-electron chi connectivity index (χ3n) is 4.05. The number of benzene rings is 1. The zero-order chi connectivity index (χ0) is 13.7. The first-order chi connectivity index (χ1) is 9.26. The molecule has 1 aromatic rings. The number of hydrogen-bond donors (Lipinski definition) is 0. The van der Waals surface area contributed by atoms with Crippen LogP contribution in [0.1, 0.15) is 37.7 Å². The lowest BCUT2D eigenvalue weighted by atomic mass is 9.94. The summed E-state index contributed by atoms with van der Waals surface area (Å²) < 4.78 is 0. The topological polar surface area (TPSA) is 50.8 Å². The summed E-state index contributed by atoms with van der Waals surface area (Å²) in [5, 5.41) is 18.2. The predicted octanol–water partition coefficient (Wildman–Crippen LogP) is 3.47. The number of anilines is 1. The summed E-state index contributed by atoms with van der Waals surface area (Å²) in [6, 6.07) is 12.5. The lowest BCUT2D eigenvalue weighted by Crippen LogP contribution is -2.37. The van der Waals surface area contributed by atoms with Crippen molar-refractivity contribution in [3.8, 4) is 12.1 Å². The number of rotatable bonds is 2. The Morgan fingerprint density at radius 1 is 1.05 bits per heavy atom. The fourth-order valence-corrected chi connectivity index (χ4v) is 2.86. The first-order valence-corrected chi connectivity index (χ1v) is 6.89. The molecule has 2 unspecified atom stereocenters. The van der Waals surface area contributed by atoms with Gasteiger partial charge in [0.05, 0.1) is 23.6 Å². The molecular formula is C16H19N3. The summed E-state index contributed by atoms with van der Waals surface area (Å²) in [6.45, 7) is 0. The van der Waals surface area contributed by atoms with Gasteiger partial charge in [-0.15, -0.1) is 0 Å². The summed E-state index contributed by atoms with van der Waals surface area (Å²) >= 11 is 0. The molecule has 0 spiro atoms. The van der Waals surface area contributed by atoms with Crippen LogP contribution < -0.4 is 4.90 Å². The first kappa shape index (κ1) is 13.4. The SMILES string of the molecule is CN(c1ccc(C#N)cc1)C1CCCCCC1C#N. The molecule has 0 radical (unpaired) electrons. The zero-order valence-corrected chi connectivity index (χ0v) is 11.3. The van der Waals surface area contributed by atoms with E-state index in [9.17, 15) is 5.26 Å². The van der Waals surface area contributed by atoms with Gasteiger partial charge in [0.25, 0.3) is 0 Å². The second-order valence-corrected chi connectivity index (χ2v) is 5.21. The molecule has 1 aliphatic carbocycles. The van der Waals surface area contributed by atoms with E-state index < -0.39 is 0 Å². The van der Waals surface area contributed by atoms with Gasteiger partial charge in [0.1, 0.15) is 0 Å². The fourth-order valence-electron chi connectivity index (χ4n) is 2.86. The fraction of sp³-hybridized carbons (Fsp3) is 0.500. The highest BCUT2D eigenvalue weighted by atomic mass is 15.1. The lowest BCUT2D eigenvalue weighted by molar-refractivity contribution is 0.465. The van der Waals surface area contributed by atoms with E-state index in [0.29, 0.717) is 11.6 Å². The van der Waals surface area contributed by atoms with Crippen LogP contribution in [0.2, 0.25) is 0 Å². The normalized spacial score (nSPS) is 22.9. The molecule has 0 saturated heterocycles. The van der Waals surface area contributed by atoms with Gasteiger partial charge in [-0.3, -0.25) is 0 Å². The first-order valence-electron chi connectivity index (χ1n) is 6.89. The van der Waals surface area contributed by atoms with E-state index in [-0.39, 0.29) is 5.92 Å². The molecular weight excluding hydrogens is 234 g/mol. The van der Waals surface area contributed by atoms with Crippen LogP contribution in [0.5, 0.6) is 0 Å². The lowest BCUT2D eigenvalue weighted by Gasteiger charge is -2.32. The van der Waals surface area contributed by atoms with Gasteiger partial charge in [-0.05, 0) is 37.1 Å². The van der Waals surface area contributed by atoms with Gasteiger partial charge in [0.15, 0.2) is 0 Å². The Labute approximate surface area is 115 Å². The molecule has 0 N–H and O–H groups in total. The smallest absolute Gasteiger partial charge is 0.0991 e. The maximum Gasteiger partial charge on any atom is 0.0991 e. The third-order valence-corrected chi connectivity index (χ3v) is 4.05. The molecule has 0 amide bonds. The van der Waals surface area contributed by atoms with E-state index in [2.05, 4.69) is 24.1 Å². The minimum Gasteiger partial charge on any atom is -0.370 e. The van der Waals surface area contributed by atoms with Crippen LogP contribution in [-0.4, -0.2) is 13.1 Å². The monoisotopic (exact) mass is 253 g/mol. The molecule has 0 heterocycles. The van der Waals surface area contributed by atoms with Crippen molar-refractivity contribution in [1.82, 2.24) is 0 Å². The Morgan fingerprint density at radius 2 is 1.74 bits per heavy atom. The predicted molar refractivity (Wildman–Crippen MR) is 75.5 cm³/mol. The van der Waals surface area contributed by atoms with Crippen molar-refractivity contribution in [2.24, 2.45) is 5.92 Å². The molecule has 19 heavy (non-hydrogen) atoms. The molecule has 3 heteroatoms. The molecule has 1 aromatic carbocycles. The van der Waals surface area contributed by atoms with Gasteiger partial charge in [-0.2, -0.15) is 10.5 Å². The van der Waals surface area contributed by atoms with Crippen molar-refractivity contribution in [3.63, 3.8) is 0 Å². The van der Waals surface area contributed by atoms with Crippen molar-refractivity contribution in [1.29, 1.82) is 10.5 Å². The van der Waals surface area contributed by atoms with Crippen LogP contribution in [0.25, 0.3) is 0 Å². The maximum absolute atomic E-state index is 9.34. The highest BCUT2D eigenvalue weighted by Crippen LogP contribution is 2.29. The second-order valence-electron chi connectivity index (χ2n) is 5.21. The minimum absolute atomic E-state index is 0.114. The standard InChI is InChI=1S/C16H19N3/c1-19(15-9-7-13(11-17)8-10-15)16-6-4-2-3-5-14(16)12-18/h7-10,14,16H,2-6H2,1H3. The van der Waals surface area contributed by atoms with Gasteiger partial charge >= 0.3 is 0 Å². The van der Waals surface area contributed by atoms with Crippen LogP contribution in [0.15, 0.2) is 24.3 Å². The number of hydrogen-bond acceptors (Lipinski definition) is 3. The quantitative estimate of drug-likeness (QED) is 0.758. The van der Waals surface area contributed by atoms with Crippen molar-refractivity contribution in [2.75, 3.05) is 11.9 Å². The molecule has 1 fully saturated rings. The van der Waals surface area contributed by atoms with Gasteiger partial charge in [0.2, 0.25) is 0 Å². The van der Waals surface area contributed by atoms with Crippen LogP contribution in [0.3, 0.4) is 0 Å². The highest BCUT2D eigenvalue weighted by molar-refractivity contribution is 5.50. The Kier molecular flexibility index (Phi) is 4.42. The van der Waals surface area contributed by atoms with E-state index in [4.69, 9.17) is 5.26 Å². The molecule has 1 saturated carbocycles. The Balaban J connectivity index is 2.18. The van der Waals surface area contributed by atoms with Gasteiger partial charge < -0.3 is 4.90 Å². The van der Waals surface area contributed by atoms with Crippen LogP contribution in [-0.2, 0) is 0 Å². The van der Waals surface area contributed by atoms with E-state index in [1.165, 1.54) is 12.8 Å².